The van der Waals surface area contributed by atoms with Crippen LogP contribution in [0.3, 0.4) is 0 Å². The number of benzene rings is 1. The molecule has 0 heterocycles. The van der Waals surface area contributed by atoms with E-state index in [-0.39, 0.29) is 12.1 Å². The van der Waals surface area contributed by atoms with Crippen LogP contribution in [0.5, 0.6) is 0 Å². The van der Waals surface area contributed by atoms with Crippen molar-refractivity contribution in [1.29, 1.82) is 0 Å². The molecule has 7 heteroatoms. The van der Waals surface area contributed by atoms with Gasteiger partial charge in [-0.1, -0.05) is 44.2 Å². The van der Waals surface area contributed by atoms with Gasteiger partial charge in [-0.3, -0.25) is 4.79 Å². The molecule has 1 amide bonds. The van der Waals surface area contributed by atoms with E-state index >= 15 is 0 Å². The normalized spacial score (nSPS) is 14.7. The first kappa shape index (κ1) is 21.4. The number of carbonyl (C=O) groups excluding carboxylic acids is 1. The number of carboxylic acids is 1. The van der Waals surface area contributed by atoms with Gasteiger partial charge in [0.1, 0.15) is 13.8 Å². The predicted octanol–water partition coefficient (Wildman–Crippen LogP) is 2.36. The Morgan fingerprint density at radius 2 is 1.84 bits per heavy atom. The second kappa shape index (κ2) is 11.1. The third kappa shape index (κ3) is 8.32. The molecular formula is C18H28NO5P. The number of rotatable bonds is 11. The standard InChI is InChI=1S/C18H28NO5P/c1-13(2)10-16(18(22)23)19-17(21)15(11-25(24)12-20)9-8-14-6-4-3-5-7-14/h3-7,13,15-16,20,25H,8-12H2,1-2H3,(H,19,21)(H,22,23)/t15?,16-/m0/s1. The van der Waals surface area contributed by atoms with E-state index in [0.29, 0.717) is 19.3 Å². The first-order valence-electron chi connectivity index (χ1n) is 8.53. The number of carbonyl (C=O) groups is 2. The lowest BCUT2D eigenvalue weighted by Crippen LogP contribution is -2.45. The highest BCUT2D eigenvalue weighted by atomic mass is 31.1. The molecule has 25 heavy (non-hydrogen) atoms. The van der Waals surface area contributed by atoms with Crippen LogP contribution in [0.4, 0.5) is 0 Å². The maximum atomic E-state index is 12.5. The summed E-state index contributed by atoms with van der Waals surface area (Å²) in [6.45, 7) is 3.78. The van der Waals surface area contributed by atoms with Crippen LogP contribution in [0.1, 0.15) is 32.3 Å². The Bertz CT molecular complexity index is 576. The van der Waals surface area contributed by atoms with Gasteiger partial charge in [-0.25, -0.2) is 4.79 Å². The first-order chi connectivity index (χ1) is 11.8. The smallest absolute Gasteiger partial charge is 0.326 e. The maximum absolute atomic E-state index is 12.5. The van der Waals surface area contributed by atoms with E-state index in [1.54, 1.807) is 0 Å². The van der Waals surface area contributed by atoms with E-state index in [4.69, 9.17) is 5.11 Å². The van der Waals surface area contributed by atoms with Crippen LogP contribution in [0, 0.1) is 11.8 Å². The van der Waals surface area contributed by atoms with Gasteiger partial charge < -0.3 is 20.1 Å². The Morgan fingerprint density at radius 3 is 2.36 bits per heavy atom. The Labute approximate surface area is 149 Å². The second-order valence-electron chi connectivity index (χ2n) is 6.65. The lowest BCUT2D eigenvalue weighted by atomic mass is 9.98. The van der Waals surface area contributed by atoms with Crippen LogP contribution in [0.15, 0.2) is 30.3 Å². The topological polar surface area (TPSA) is 104 Å². The molecule has 0 fully saturated rings. The summed E-state index contributed by atoms with van der Waals surface area (Å²) in [6.07, 6.45) is 1.07. The number of aryl methyl sites for hydroxylation is 1. The fourth-order valence-electron chi connectivity index (χ4n) is 2.63. The third-order valence-electron chi connectivity index (χ3n) is 3.97. The van der Waals surface area contributed by atoms with Gasteiger partial charge in [-0.05, 0) is 30.7 Å². The maximum Gasteiger partial charge on any atom is 0.326 e. The van der Waals surface area contributed by atoms with Crippen molar-refractivity contribution in [2.75, 3.05) is 12.5 Å². The van der Waals surface area contributed by atoms with Gasteiger partial charge in [0.15, 0.2) is 0 Å². The highest BCUT2D eigenvalue weighted by molar-refractivity contribution is 7.44. The van der Waals surface area contributed by atoms with Gasteiger partial charge in [0.05, 0.1) is 6.35 Å². The molecule has 0 saturated heterocycles. The molecule has 1 aromatic rings. The Balaban J connectivity index is 2.77. The molecule has 3 N–H and O–H groups in total. The fourth-order valence-corrected chi connectivity index (χ4v) is 3.70. The number of amides is 1. The van der Waals surface area contributed by atoms with Gasteiger partial charge in [0, 0.05) is 12.1 Å². The highest BCUT2D eigenvalue weighted by Crippen LogP contribution is 2.25. The number of hydrogen-bond donors (Lipinski definition) is 3. The van der Waals surface area contributed by atoms with Crippen LogP contribution in [0.2, 0.25) is 0 Å². The molecule has 1 aromatic carbocycles. The van der Waals surface area contributed by atoms with Gasteiger partial charge in [0.25, 0.3) is 0 Å². The van der Waals surface area contributed by atoms with Crippen molar-refractivity contribution in [2.45, 2.75) is 39.2 Å². The minimum absolute atomic E-state index is 0.0911. The summed E-state index contributed by atoms with van der Waals surface area (Å²) in [5.41, 5.74) is 1.06. The first-order valence-corrected chi connectivity index (χ1v) is 10.3. The average molecular weight is 369 g/mol. The Hall–Kier alpha value is -1.65. The molecule has 0 saturated carbocycles. The van der Waals surface area contributed by atoms with Crippen LogP contribution < -0.4 is 5.32 Å². The van der Waals surface area contributed by atoms with Crippen LogP contribution >= 0.6 is 7.80 Å². The minimum Gasteiger partial charge on any atom is -0.480 e. The summed E-state index contributed by atoms with van der Waals surface area (Å²) in [6, 6.07) is 8.66. The van der Waals surface area contributed by atoms with E-state index in [0.717, 1.165) is 5.56 Å². The number of aliphatic carboxylic acids is 1. The van der Waals surface area contributed by atoms with Crippen LogP contribution in [0.25, 0.3) is 0 Å². The van der Waals surface area contributed by atoms with E-state index in [2.05, 4.69) is 5.32 Å². The largest absolute Gasteiger partial charge is 0.480 e. The molecule has 0 spiro atoms. The minimum atomic E-state index is -2.26. The van der Waals surface area contributed by atoms with Crippen molar-refractivity contribution >= 4 is 19.7 Å². The summed E-state index contributed by atoms with van der Waals surface area (Å²) >= 11 is 0. The van der Waals surface area contributed by atoms with Gasteiger partial charge in [-0.15, -0.1) is 0 Å². The molecule has 6 nitrogen and oxygen atoms in total. The summed E-state index contributed by atoms with van der Waals surface area (Å²) in [7, 11) is -2.26. The molecule has 140 valence electrons. The Kier molecular flexibility index (Phi) is 9.46. The number of nitrogens with one attached hydrogen (secondary N) is 1. The van der Waals surface area contributed by atoms with E-state index < -0.39 is 38.0 Å². The zero-order valence-corrected chi connectivity index (χ0v) is 15.8. The SMILES string of the molecule is CC(C)C[C@H](NC(=O)C(CCc1ccccc1)C[PH](=O)CO)C(=O)O. The molecule has 0 aliphatic heterocycles. The predicted molar refractivity (Wildman–Crippen MR) is 98.2 cm³/mol. The average Bonchev–Trinajstić information content (AvgIpc) is 2.57. The van der Waals surface area contributed by atoms with Gasteiger partial charge >= 0.3 is 5.97 Å². The highest BCUT2D eigenvalue weighted by Gasteiger charge is 2.26. The molecule has 0 radical (unpaired) electrons. The zero-order valence-electron chi connectivity index (χ0n) is 14.8. The second-order valence-corrected chi connectivity index (χ2v) is 8.45. The van der Waals surface area contributed by atoms with Crippen LogP contribution in [-0.4, -0.2) is 40.6 Å². The number of hydrogen-bond acceptors (Lipinski definition) is 4. The monoisotopic (exact) mass is 369 g/mol. The van der Waals surface area contributed by atoms with E-state index in [1.807, 2.05) is 44.2 Å². The molecule has 0 aliphatic rings. The quantitative estimate of drug-likeness (QED) is 0.520. The third-order valence-corrected chi connectivity index (χ3v) is 5.27. The van der Waals surface area contributed by atoms with Gasteiger partial charge in [0.2, 0.25) is 5.91 Å². The van der Waals surface area contributed by atoms with Crippen molar-refractivity contribution in [3.63, 3.8) is 0 Å². The summed E-state index contributed by atoms with van der Waals surface area (Å²) in [5, 5.41) is 20.9. The molecule has 3 atom stereocenters. The van der Waals surface area contributed by atoms with Crippen molar-refractivity contribution in [3.8, 4) is 0 Å². The molecule has 2 unspecified atom stereocenters. The van der Waals surface area contributed by atoms with E-state index in [9.17, 15) is 19.3 Å². The summed E-state index contributed by atoms with van der Waals surface area (Å²) in [5.74, 6) is -1.93. The molecule has 0 aliphatic carbocycles. The fraction of sp³-hybridized carbons (Fsp3) is 0.556. The molecular weight excluding hydrogens is 341 g/mol. The van der Waals surface area contributed by atoms with Crippen LogP contribution in [-0.2, 0) is 20.6 Å². The lowest BCUT2D eigenvalue weighted by Gasteiger charge is -2.21. The Morgan fingerprint density at radius 1 is 1.20 bits per heavy atom. The zero-order chi connectivity index (χ0) is 18.8. The lowest BCUT2D eigenvalue weighted by molar-refractivity contribution is -0.142. The summed E-state index contributed by atoms with van der Waals surface area (Å²) < 4.78 is 11.8. The number of carboxylic acid groups (broad SMARTS) is 1. The summed E-state index contributed by atoms with van der Waals surface area (Å²) in [4.78, 5) is 23.9. The van der Waals surface area contributed by atoms with Crippen molar-refractivity contribution in [2.24, 2.45) is 11.8 Å². The van der Waals surface area contributed by atoms with Crippen molar-refractivity contribution < 1.29 is 24.4 Å². The van der Waals surface area contributed by atoms with Crippen molar-refractivity contribution in [1.82, 2.24) is 5.32 Å². The van der Waals surface area contributed by atoms with E-state index in [1.165, 1.54) is 0 Å². The molecule has 1 rings (SSSR count). The molecule has 0 aromatic heterocycles. The molecule has 0 bridgehead atoms. The van der Waals surface area contributed by atoms with Crippen molar-refractivity contribution in [3.05, 3.63) is 35.9 Å². The number of aliphatic hydroxyl groups excluding tert-OH is 1. The number of aliphatic hydroxyl groups is 1. The van der Waals surface area contributed by atoms with Gasteiger partial charge in [-0.2, -0.15) is 0 Å².